The van der Waals surface area contributed by atoms with Gasteiger partial charge in [-0.2, -0.15) is 0 Å². The number of nitrogens with two attached hydrogens (primary N) is 1. The lowest BCUT2D eigenvalue weighted by Gasteiger charge is -2.15. The zero-order chi connectivity index (χ0) is 21.0. The Kier molecular flexibility index (Phi) is 7.73. The molecule has 160 valence electrons. The molecule has 0 aliphatic heterocycles. The Morgan fingerprint density at radius 2 is 1.93 bits per heavy atom. The number of amides is 2. The number of nitrogens with one attached hydrogen (secondary N) is 2. The first-order valence-electron chi connectivity index (χ1n) is 9.31. The molecular weight excluding hydrogens is 408 g/mol. The van der Waals surface area contributed by atoms with Crippen molar-refractivity contribution < 1.29 is 9.59 Å². The highest BCUT2D eigenvalue weighted by Gasteiger charge is 2.17. The van der Waals surface area contributed by atoms with Gasteiger partial charge in [0.2, 0.25) is 11.8 Å². The molecule has 0 fully saturated rings. The summed E-state index contributed by atoms with van der Waals surface area (Å²) in [5.74, 6) is -0.746. The van der Waals surface area contributed by atoms with Gasteiger partial charge in [0.1, 0.15) is 0 Å². The van der Waals surface area contributed by atoms with Crippen LogP contribution in [0.25, 0.3) is 5.65 Å². The van der Waals surface area contributed by atoms with Crippen molar-refractivity contribution in [3.63, 3.8) is 0 Å². The monoisotopic (exact) mass is 432 g/mol. The number of hydrogen-bond donors (Lipinski definition) is 3. The number of carbonyl (C=O) groups excluding carboxylic acids is 2. The number of pyridine rings is 1. The summed E-state index contributed by atoms with van der Waals surface area (Å²) in [7, 11) is 0. The van der Waals surface area contributed by atoms with Gasteiger partial charge >= 0.3 is 5.69 Å². The van der Waals surface area contributed by atoms with Gasteiger partial charge in [-0.3, -0.25) is 14.0 Å². The smallest absolute Gasteiger partial charge is 0.346 e. The van der Waals surface area contributed by atoms with Gasteiger partial charge in [-0.25, -0.2) is 9.48 Å². The minimum atomic E-state index is -0.658. The summed E-state index contributed by atoms with van der Waals surface area (Å²) >= 11 is 0. The van der Waals surface area contributed by atoms with Gasteiger partial charge in [0.15, 0.2) is 5.65 Å². The van der Waals surface area contributed by atoms with Gasteiger partial charge in [-0.1, -0.05) is 32.0 Å². The van der Waals surface area contributed by atoms with Crippen LogP contribution in [0, 0.1) is 5.92 Å². The minimum Gasteiger partial charge on any atom is -0.346 e. The predicted molar refractivity (Wildman–Crippen MR) is 117 cm³/mol. The van der Waals surface area contributed by atoms with Crippen LogP contribution < -0.4 is 22.1 Å². The fourth-order valence-corrected chi connectivity index (χ4v) is 2.78. The third kappa shape index (κ3) is 5.46. The zero-order valence-corrected chi connectivity index (χ0v) is 17.6. The van der Waals surface area contributed by atoms with Gasteiger partial charge in [-0.05, 0) is 35.7 Å². The lowest BCUT2D eigenvalue weighted by molar-refractivity contribution is -0.125. The Morgan fingerprint density at radius 1 is 1.17 bits per heavy atom. The van der Waals surface area contributed by atoms with Crippen LogP contribution in [0.2, 0.25) is 0 Å². The maximum Gasteiger partial charge on any atom is 0.350 e. The molecule has 3 rings (SSSR count). The Hall–Kier alpha value is -3.17. The topological polar surface area (TPSA) is 124 Å². The second-order valence-electron chi connectivity index (χ2n) is 7.11. The molecule has 1 aromatic carbocycles. The van der Waals surface area contributed by atoms with E-state index >= 15 is 0 Å². The van der Waals surface area contributed by atoms with Crippen molar-refractivity contribution in [2.24, 2.45) is 11.7 Å². The molecule has 4 N–H and O–H groups in total. The Balaban J connectivity index is 0.00000320. The van der Waals surface area contributed by atoms with Crippen LogP contribution in [-0.2, 0) is 16.1 Å². The molecule has 0 radical (unpaired) electrons. The van der Waals surface area contributed by atoms with Gasteiger partial charge in [0.05, 0.1) is 19.1 Å². The third-order valence-corrected chi connectivity index (χ3v) is 4.48. The highest BCUT2D eigenvalue weighted by atomic mass is 35.5. The third-order valence-electron chi connectivity index (χ3n) is 4.48. The molecule has 30 heavy (non-hydrogen) atoms. The van der Waals surface area contributed by atoms with Gasteiger partial charge < -0.3 is 16.4 Å². The van der Waals surface area contributed by atoms with Crippen LogP contribution in [0.1, 0.15) is 19.4 Å². The number of rotatable bonds is 7. The minimum absolute atomic E-state index is 0. The molecule has 0 aliphatic rings. The number of hydrogen-bond acceptors (Lipinski definition) is 5. The van der Waals surface area contributed by atoms with Crippen molar-refractivity contribution >= 4 is 35.6 Å². The molecule has 0 bridgehead atoms. The van der Waals surface area contributed by atoms with E-state index in [-0.39, 0.29) is 48.9 Å². The van der Waals surface area contributed by atoms with Crippen LogP contribution in [0.5, 0.6) is 0 Å². The van der Waals surface area contributed by atoms with E-state index in [9.17, 15) is 14.4 Å². The molecule has 9 nitrogen and oxygen atoms in total. The number of halogens is 1. The predicted octanol–water partition coefficient (Wildman–Crippen LogP) is 1.00. The fourth-order valence-electron chi connectivity index (χ4n) is 2.78. The Morgan fingerprint density at radius 3 is 2.63 bits per heavy atom. The molecule has 1 atom stereocenters. The second-order valence-corrected chi connectivity index (χ2v) is 7.11. The number of anilines is 1. The Bertz CT molecular complexity index is 1090. The van der Waals surface area contributed by atoms with Crippen molar-refractivity contribution in [3.05, 3.63) is 64.7 Å². The molecule has 10 heteroatoms. The molecule has 0 saturated heterocycles. The quantitative estimate of drug-likeness (QED) is 0.514. The highest BCUT2D eigenvalue weighted by molar-refractivity contribution is 5.95. The molecule has 0 aliphatic carbocycles. The standard InChI is InChI=1S/C20H24N6O3.ClH/c1-13(2)18(21)19(28)22-11-17(27)23-15-7-5-6-14(10-15)12-26-20(29)25-9-4-3-8-16(25)24-26;/h3-10,13,18H,11-12,21H2,1-2H3,(H,22,28)(H,23,27);1H/t18-;/m0./s1. The van der Waals surface area contributed by atoms with Crippen LogP contribution >= 0.6 is 12.4 Å². The number of aromatic nitrogens is 3. The van der Waals surface area contributed by atoms with Crippen LogP contribution in [0.15, 0.2) is 53.5 Å². The number of carbonyl (C=O) groups is 2. The van der Waals surface area contributed by atoms with E-state index in [2.05, 4.69) is 15.7 Å². The maximum atomic E-state index is 12.4. The van der Waals surface area contributed by atoms with Gasteiger partial charge in [0.25, 0.3) is 0 Å². The van der Waals surface area contributed by atoms with E-state index in [0.29, 0.717) is 11.3 Å². The SMILES string of the molecule is CC(C)[C@H](N)C(=O)NCC(=O)Nc1cccc(Cn2nc3ccccn3c2=O)c1.Cl. The normalized spacial score (nSPS) is 11.7. The largest absolute Gasteiger partial charge is 0.350 e. The average Bonchev–Trinajstić information content (AvgIpc) is 3.01. The molecule has 2 amide bonds. The molecule has 3 aromatic rings. The van der Waals surface area contributed by atoms with E-state index in [0.717, 1.165) is 5.56 Å². The molecule has 2 heterocycles. The van der Waals surface area contributed by atoms with E-state index in [1.54, 1.807) is 36.5 Å². The van der Waals surface area contributed by atoms with Crippen molar-refractivity contribution in [1.29, 1.82) is 0 Å². The lowest BCUT2D eigenvalue weighted by Crippen LogP contribution is -2.46. The maximum absolute atomic E-state index is 12.4. The summed E-state index contributed by atoms with van der Waals surface area (Å²) in [6, 6.07) is 11.8. The summed E-state index contributed by atoms with van der Waals surface area (Å²) in [4.78, 5) is 36.4. The first-order valence-corrected chi connectivity index (χ1v) is 9.31. The van der Waals surface area contributed by atoms with Crippen molar-refractivity contribution in [1.82, 2.24) is 19.5 Å². The van der Waals surface area contributed by atoms with E-state index < -0.39 is 6.04 Å². The number of nitrogens with zero attached hydrogens (tertiary/aromatic N) is 3. The van der Waals surface area contributed by atoms with E-state index in [1.807, 2.05) is 26.0 Å². The number of benzene rings is 1. The lowest BCUT2D eigenvalue weighted by atomic mass is 10.1. The highest BCUT2D eigenvalue weighted by Crippen LogP contribution is 2.11. The van der Waals surface area contributed by atoms with E-state index in [4.69, 9.17) is 5.73 Å². The van der Waals surface area contributed by atoms with Gasteiger partial charge in [0, 0.05) is 11.9 Å². The summed E-state index contributed by atoms with van der Waals surface area (Å²) in [6.07, 6.45) is 1.66. The van der Waals surface area contributed by atoms with Crippen LogP contribution in [0.4, 0.5) is 5.69 Å². The van der Waals surface area contributed by atoms with Crippen molar-refractivity contribution in [2.45, 2.75) is 26.4 Å². The fraction of sp³-hybridized carbons (Fsp3) is 0.300. The molecule has 2 aromatic heterocycles. The summed E-state index contributed by atoms with van der Waals surface area (Å²) in [6.45, 7) is 3.77. The first-order chi connectivity index (χ1) is 13.8. The molecule has 0 unspecified atom stereocenters. The molecular formula is C20H25ClN6O3. The first kappa shape index (κ1) is 23.1. The second kappa shape index (κ2) is 10.0. The Labute approximate surface area is 179 Å². The van der Waals surface area contributed by atoms with Crippen molar-refractivity contribution in [3.8, 4) is 0 Å². The van der Waals surface area contributed by atoms with Crippen molar-refractivity contribution in [2.75, 3.05) is 11.9 Å². The zero-order valence-electron chi connectivity index (χ0n) is 16.7. The van der Waals surface area contributed by atoms with Crippen LogP contribution in [-0.4, -0.2) is 38.6 Å². The molecule has 0 spiro atoms. The summed E-state index contributed by atoms with van der Waals surface area (Å²) in [5, 5.41) is 9.55. The van der Waals surface area contributed by atoms with Gasteiger partial charge in [-0.15, -0.1) is 17.5 Å². The summed E-state index contributed by atoms with van der Waals surface area (Å²) in [5.41, 5.74) is 7.45. The number of fused-ring (bicyclic) bond motifs is 1. The van der Waals surface area contributed by atoms with E-state index in [1.165, 1.54) is 9.08 Å². The van der Waals surface area contributed by atoms with Crippen LogP contribution in [0.3, 0.4) is 0 Å². The molecule has 0 saturated carbocycles. The average molecular weight is 433 g/mol. The summed E-state index contributed by atoms with van der Waals surface area (Å²) < 4.78 is 2.83.